The molecule has 9 nitrogen and oxygen atoms in total. The lowest BCUT2D eigenvalue weighted by Gasteiger charge is -2.52. The van der Waals surface area contributed by atoms with E-state index in [-0.39, 0.29) is 17.7 Å². The van der Waals surface area contributed by atoms with Gasteiger partial charge < -0.3 is 20.7 Å². The Balaban J connectivity index is 1.25. The lowest BCUT2D eigenvalue weighted by Crippen LogP contribution is -2.61. The summed E-state index contributed by atoms with van der Waals surface area (Å²) in [5.74, 6) is 1.71. The molecule has 5 heterocycles. The Morgan fingerprint density at radius 3 is 2.71 bits per heavy atom. The number of nitrogen functional groups attached to an aromatic ring is 1. The number of rotatable bonds is 4. The second kappa shape index (κ2) is 8.74. The van der Waals surface area contributed by atoms with Crippen LogP contribution in [-0.4, -0.2) is 50.8 Å². The molecule has 2 aliphatic heterocycles. The molecule has 6 rings (SSSR count). The number of halogens is 1. The van der Waals surface area contributed by atoms with Crippen molar-refractivity contribution in [1.29, 1.82) is 0 Å². The summed E-state index contributed by atoms with van der Waals surface area (Å²) in [6.45, 7) is 7.39. The normalized spacial score (nSPS) is 21.8. The molecule has 3 aliphatic rings. The molecule has 3 fully saturated rings. The molecule has 0 spiro atoms. The monoisotopic (exact) mass is 499 g/mol. The molecule has 178 valence electrons. The predicted molar refractivity (Wildman–Crippen MR) is 132 cm³/mol. The molecule has 2 bridgehead atoms. The molecule has 0 radical (unpaired) electrons. The van der Waals surface area contributed by atoms with Crippen LogP contribution in [0.4, 0.5) is 16.4 Å². The highest BCUT2D eigenvalue weighted by atomic mass is 35.5. The summed E-state index contributed by atoms with van der Waals surface area (Å²) in [5.41, 5.74) is 6.76. The van der Waals surface area contributed by atoms with E-state index in [0.717, 1.165) is 40.8 Å². The molecule has 1 saturated carbocycles. The zero-order valence-electron chi connectivity index (χ0n) is 19.2. The van der Waals surface area contributed by atoms with Crippen LogP contribution in [0.1, 0.15) is 27.2 Å². The van der Waals surface area contributed by atoms with Gasteiger partial charge in [0.2, 0.25) is 0 Å². The van der Waals surface area contributed by atoms with Crippen molar-refractivity contribution in [2.45, 2.75) is 48.8 Å². The molecule has 34 heavy (non-hydrogen) atoms. The first-order chi connectivity index (χ1) is 16.2. The van der Waals surface area contributed by atoms with Gasteiger partial charge in [0.05, 0.1) is 11.2 Å². The molecule has 3 aromatic heterocycles. The maximum absolute atomic E-state index is 12.2. The number of alkyl carbamates (subject to hydrolysis) is 1. The Hall–Kier alpha value is -2.85. The second-order valence-electron chi connectivity index (χ2n) is 9.74. The van der Waals surface area contributed by atoms with Crippen molar-refractivity contribution >= 4 is 52.3 Å². The number of nitrogens with one attached hydrogen (secondary N) is 1. The van der Waals surface area contributed by atoms with Gasteiger partial charge in [-0.2, -0.15) is 0 Å². The number of nitrogens with zero attached hydrogens (tertiary/aromatic N) is 5. The second-order valence-corrected chi connectivity index (χ2v) is 11.2. The van der Waals surface area contributed by atoms with Crippen molar-refractivity contribution in [2.75, 3.05) is 23.7 Å². The molecule has 2 atom stereocenters. The largest absolute Gasteiger partial charge is 0.446 e. The minimum absolute atomic E-state index is 0.0395. The average Bonchev–Trinajstić information content (AvgIpc) is 2.79. The smallest absolute Gasteiger partial charge is 0.407 e. The van der Waals surface area contributed by atoms with Crippen LogP contribution < -0.4 is 16.0 Å². The van der Waals surface area contributed by atoms with Gasteiger partial charge in [-0.1, -0.05) is 23.4 Å². The van der Waals surface area contributed by atoms with E-state index in [1.807, 2.05) is 32.9 Å². The zero-order valence-corrected chi connectivity index (χ0v) is 20.7. The van der Waals surface area contributed by atoms with E-state index in [0.29, 0.717) is 28.3 Å². The standard InChI is InChI=1S/C23H26ClN7O2S/c1-23(2,3)30-22(32)33-19-12-8-13(19)11-31(10-12)16-9-27-21-14(28-16)4-5-17(29-21)34-15-6-7-26-20(25)18(15)24/h4-7,9,12-13,19H,8,10-11H2,1-3H3,(H2,25,26)(H,30,32). The van der Waals surface area contributed by atoms with E-state index >= 15 is 0 Å². The third-order valence-corrected chi connectivity index (χ3v) is 7.46. The molecular weight excluding hydrogens is 474 g/mol. The molecule has 2 saturated heterocycles. The molecular formula is C23H26ClN7O2S. The van der Waals surface area contributed by atoms with Gasteiger partial charge in [-0.05, 0) is 45.4 Å². The van der Waals surface area contributed by atoms with Crippen LogP contribution in [0.5, 0.6) is 0 Å². The summed E-state index contributed by atoms with van der Waals surface area (Å²) < 4.78 is 5.72. The third kappa shape index (κ3) is 4.69. The minimum atomic E-state index is -0.346. The summed E-state index contributed by atoms with van der Waals surface area (Å²) in [4.78, 5) is 33.1. The summed E-state index contributed by atoms with van der Waals surface area (Å²) in [6, 6.07) is 5.60. The van der Waals surface area contributed by atoms with Gasteiger partial charge in [-0.15, -0.1) is 0 Å². The van der Waals surface area contributed by atoms with Crippen molar-refractivity contribution in [3.05, 3.63) is 35.6 Å². The third-order valence-electron chi connectivity index (χ3n) is 5.95. The molecule has 2 unspecified atom stereocenters. The number of pyridine rings is 2. The minimum Gasteiger partial charge on any atom is -0.446 e. The quantitative estimate of drug-likeness (QED) is 0.545. The van der Waals surface area contributed by atoms with Crippen LogP contribution >= 0.6 is 23.4 Å². The first kappa shape index (κ1) is 22.9. The SMILES string of the molecule is CC(C)(C)NC(=O)OC1C2CC1CN(c1cnc3nc(Sc4ccnc(N)c4Cl)ccc3n1)C2. The van der Waals surface area contributed by atoms with Gasteiger partial charge >= 0.3 is 6.09 Å². The van der Waals surface area contributed by atoms with Gasteiger partial charge in [-0.3, -0.25) is 0 Å². The average molecular weight is 500 g/mol. The number of ether oxygens (including phenoxy) is 1. The van der Waals surface area contributed by atoms with E-state index < -0.39 is 0 Å². The van der Waals surface area contributed by atoms with Gasteiger partial charge in [0.15, 0.2) is 5.65 Å². The van der Waals surface area contributed by atoms with Gasteiger partial charge in [0.1, 0.15) is 28.3 Å². The molecule has 0 aromatic carbocycles. The Morgan fingerprint density at radius 2 is 1.97 bits per heavy atom. The first-order valence-corrected chi connectivity index (χ1v) is 12.3. The van der Waals surface area contributed by atoms with E-state index in [9.17, 15) is 4.79 Å². The highest BCUT2D eigenvalue weighted by Crippen LogP contribution is 2.43. The van der Waals surface area contributed by atoms with E-state index in [1.165, 1.54) is 11.8 Å². The lowest BCUT2D eigenvalue weighted by atomic mass is 9.68. The fourth-order valence-corrected chi connectivity index (χ4v) is 5.45. The van der Waals surface area contributed by atoms with E-state index in [4.69, 9.17) is 27.1 Å². The number of fused-ring (bicyclic) bond motifs is 3. The van der Waals surface area contributed by atoms with E-state index in [2.05, 4.69) is 25.2 Å². The number of piperidine rings is 2. The van der Waals surface area contributed by atoms with Crippen LogP contribution in [0.2, 0.25) is 5.02 Å². The van der Waals surface area contributed by atoms with Crippen molar-refractivity contribution in [2.24, 2.45) is 11.8 Å². The molecule has 11 heteroatoms. The number of hydrogen-bond donors (Lipinski definition) is 2. The summed E-state index contributed by atoms with van der Waals surface area (Å²) in [7, 11) is 0. The summed E-state index contributed by atoms with van der Waals surface area (Å²) in [5, 5.41) is 4.03. The first-order valence-electron chi connectivity index (χ1n) is 11.1. The summed E-state index contributed by atoms with van der Waals surface area (Å²) >= 11 is 7.65. The van der Waals surface area contributed by atoms with Crippen LogP contribution in [0, 0.1) is 11.8 Å². The van der Waals surface area contributed by atoms with Crippen molar-refractivity contribution in [1.82, 2.24) is 25.3 Å². The Kier molecular flexibility index (Phi) is 5.89. The molecule has 3 N–H and O–H groups in total. The Labute approximate surface area is 206 Å². The van der Waals surface area contributed by atoms with Crippen molar-refractivity contribution in [3.8, 4) is 0 Å². The maximum atomic E-state index is 12.2. The van der Waals surface area contributed by atoms with Crippen molar-refractivity contribution in [3.63, 3.8) is 0 Å². The highest BCUT2D eigenvalue weighted by molar-refractivity contribution is 7.99. The number of carbonyl (C=O) groups excluding carboxylic acids is 1. The van der Waals surface area contributed by atoms with Crippen LogP contribution in [0.25, 0.3) is 11.2 Å². The van der Waals surface area contributed by atoms with Crippen LogP contribution in [0.3, 0.4) is 0 Å². The fourth-order valence-electron chi connectivity index (χ4n) is 4.40. The number of carbonyl (C=O) groups is 1. The maximum Gasteiger partial charge on any atom is 0.407 e. The topological polar surface area (TPSA) is 119 Å². The van der Waals surface area contributed by atoms with Crippen molar-refractivity contribution < 1.29 is 9.53 Å². The molecule has 1 aliphatic carbocycles. The lowest BCUT2D eigenvalue weighted by molar-refractivity contribution is -0.0640. The molecule has 1 amide bonds. The van der Waals surface area contributed by atoms with Gasteiger partial charge in [-0.25, -0.2) is 24.7 Å². The Morgan fingerprint density at radius 1 is 1.21 bits per heavy atom. The number of aromatic nitrogens is 4. The van der Waals surface area contributed by atoms with Gasteiger partial charge in [0, 0.05) is 41.6 Å². The van der Waals surface area contributed by atoms with E-state index in [1.54, 1.807) is 18.5 Å². The number of hydrogen-bond acceptors (Lipinski definition) is 9. The Bertz CT molecular complexity index is 1240. The van der Waals surface area contributed by atoms with Crippen LogP contribution in [-0.2, 0) is 4.74 Å². The number of amides is 1. The summed E-state index contributed by atoms with van der Waals surface area (Å²) in [6.07, 6.45) is 4.06. The molecule has 3 aromatic rings. The fraction of sp³-hybridized carbons (Fsp3) is 0.435. The van der Waals surface area contributed by atoms with Crippen LogP contribution in [0.15, 0.2) is 40.5 Å². The highest BCUT2D eigenvalue weighted by Gasteiger charge is 2.49. The predicted octanol–water partition coefficient (Wildman–Crippen LogP) is 4.16. The number of nitrogens with two attached hydrogens (primary N) is 1. The number of anilines is 2. The van der Waals surface area contributed by atoms with Gasteiger partial charge in [0.25, 0.3) is 0 Å². The zero-order chi connectivity index (χ0) is 24.0.